The van der Waals surface area contributed by atoms with Gasteiger partial charge in [0.2, 0.25) is 10.0 Å². The van der Waals surface area contributed by atoms with Crippen LogP contribution in [0.3, 0.4) is 0 Å². The maximum Gasteiger partial charge on any atom is 0.253 e. The van der Waals surface area contributed by atoms with Crippen molar-refractivity contribution in [2.75, 3.05) is 6.54 Å². The fourth-order valence-corrected chi connectivity index (χ4v) is 3.79. The number of aryl methyl sites for hydroxylation is 1. The second-order valence-electron chi connectivity index (χ2n) is 4.66. The molecule has 23 heavy (non-hydrogen) atoms. The first-order chi connectivity index (χ1) is 10.7. The molecule has 0 saturated heterocycles. The third-order valence-corrected chi connectivity index (χ3v) is 5.57. The monoisotopic (exact) mass is 395 g/mol. The summed E-state index contributed by atoms with van der Waals surface area (Å²) >= 11 is 17.5. The standard InChI is InChI=1S/C13H12Cl3N3O3S/c1-8-4-13(20)19(7-17-8)3-2-18-23(21,22)12-6-10(15)9(14)5-11(12)16/h4-7,18H,2-3H2,1H3. The zero-order chi connectivity index (χ0) is 17.2. The normalized spacial score (nSPS) is 11.7. The quantitative estimate of drug-likeness (QED) is 0.787. The molecule has 0 fully saturated rings. The molecule has 1 heterocycles. The molecule has 0 amide bonds. The van der Waals surface area contributed by atoms with Crippen molar-refractivity contribution in [3.8, 4) is 0 Å². The van der Waals surface area contributed by atoms with Crippen LogP contribution in [-0.2, 0) is 16.6 Å². The van der Waals surface area contributed by atoms with E-state index in [0.29, 0.717) is 5.69 Å². The van der Waals surface area contributed by atoms with E-state index < -0.39 is 10.0 Å². The van der Waals surface area contributed by atoms with Gasteiger partial charge in [-0.05, 0) is 19.1 Å². The highest BCUT2D eigenvalue weighted by Crippen LogP contribution is 2.31. The molecule has 2 rings (SSSR count). The lowest BCUT2D eigenvalue weighted by Crippen LogP contribution is -2.31. The van der Waals surface area contributed by atoms with Gasteiger partial charge >= 0.3 is 0 Å². The fraction of sp³-hybridized carbons (Fsp3) is 0.231. The number of hydrogen-bond acceptors (Lipinski definition) is 4. The summed E-state index contributed by atoms with van der Waals surface area (Å²) in [4.78, 5) is 15.5. The Hall–Kier alpha value is -1.12. The van der Waals surface area contributed by atoms with Crippen molar-refractivity contribution in [2.24, 2.45) is 0 Å². The van der Waals surface area contributed by atoms with Crippen molar-refractivity contribution in [3.05, 3.63) is 55.6 Å². The number of nitrogens with zero attached hydrogens (tertiary/aromatic N) is 2. The van der Waals surface area contributed by atoms with Crippen LogP contribution in [0.1, 0.15) is 5.69 Å². The Bertz CT molecular complexity index is 897. The SMILES string of the molecule is Cc1cc(=O)n(CCNS(=O)(=O)c2cc(Cl)c(Cl)cc2Cl)cn1. The van der Waals surface area contributed by atoms with Crippen molar-refractivity contribution < 1.29 is 8.42 Å². The summed E-state index contributed by atoms with van der Waals surface area (Å²) in [7, 11) is -3.88. The molecule has 0 bridgehead atoms. The highest BCUT2D eigenvalue weighted by atomic mass is 35.5. The van der Waals surface area contributed by atoms with Crippen LogP contribution in [0.2, 0.25) is 15.1 Å². The minimum atomic E-state index is -3.88. The summed E-state index contributed by atoms with van der Waals surface area (Å²) in [6, 6.07) is 3.80. The van der Waals surface area contributed by atoms with E-state index in [-0.39, 0.29) is 38.6 Å². The summed E-state index contributed by atoms with van der Waals surface area (Å²) in [6.45, 7) is 1.81. The van der Waals surface area contributed by atoms with Crippen LogP contribution in [-0.4, -0.2) is 24.5 Å². The van der Waals surface area contributed by atoms with Crippen LogP contribution >= 0.6 is 34.8 Å². The lowest BCUT2D eigenvalue weighted by Gasteiger charge is -2.10. The third-order valence-electron chi connectivity index (χ3n) is 2.93. The van der Waals surface area contributed by atoms with Crippen LogP contribution in [0, 0.1) is 6.92 Å². The second kappa shape index (κ2) is 7.19. The Labute approximate surface area is 148 Å². The van der Waals surface area contributed by atoms with Crippen LogP contribution < -0.4 is 10.3 Å². The Balaban J connectivity index is 2.13. The van der Waals surface area contributed by atoms with Crippen molar-refractivity contribution in [3.63, 3.8) is 0 Å². The molecule has 2 aromatic rings. The van der Waals surface area contributed by atoms with E-state index in [4.69, 9.17) is 34.8 Å². The second-order valence-corrected chi connectivity index (χ2v) is 7.61. The van der Waals surface area contributed by atoms with Crippen molar-refractivity contribution in [1.82, 2.24) is 14.3 Å². The number of sulfonamides is 1. The highest BCUT2D eigenvalue weighted by Gasteiger charge is 2.19. The summed E-state index contributed by atoms with van der Waals surface area (Å²) in [5, 5.41) is 0.198. The van der Waals surface area contributed by atoms with Gasteiger partial charge in [0.1, 0.15) is 4.90 Å². The first-order valence-corrected chi connectivity index (χ1v) is 9.00. The molecule has 6 nitrogen and oxygen atoms in total. The van der Waals surface area contributed by atoms with Crippen molar-refractivity contribution in [2.45, 2.75) is 18.4 Å². The van der Waals surface area contributed by atoms with E-state index in [2.05, 4.69) is 9.71 Å². The number of aromatic nitrogens is 2. The molecule has 124 valence electrons. The average molecular weight is 397 g/mol. The number of hydrogen-bond donors (Lipinski definition) is 1. The fourth-order valence-electron chi connectivity index (χ4n) is 1.77. The average Bonchev–Trinajstić information content (AvgIpc) is 2.45. The van der Waals surface area contributed by atoms with E-state index in [0.717, 1.165) is 0 Å². The Morgan fingerprint density at radius 1 is 1.13 bits per heavy atom. The van der Waals surface area contributed by atoms with Crippen molar-refractivity contribution >= 4 is 44.8 Å². The van der Waals surface area contributed by atoms with Gasteiger partial charge in [-0.3, -0.25) is 9.36 Å². The van der Waals surface area contributed by atoms with Gasteiger partial charge in [0.15, 0.2) is 0 Å². The van der Waals surface area contributed by atoms with E-state index in [1.807, 2.05) is 0 Å². The molecule has 0 spiro atoms. The highest BCUT2D eigenvalue weighted by molar-refractivity contribution is 7.89. The van der Waals surface area contributed by atoms with Crippen LogP contribution in [0.5, 0.6) is 0 Å². The van der Waals surface area contributed by atoms with E-state index >= 15 is 0 Å². The Kier molecular flexibility index (Phi) is 5.70. The molecular formula is C13H12Cl3N3O3S. The van der Waals surface area contributed by atoms with Gasteiger partial charge in [-0.15, -0.1) is 0 Å². The van der Waals surface area contributed by atoms with Crippen LogP contribution in [0.15, 0.2) is 34.2 Å². The lowest BCUT2D eigenvalue weighted by atomic mass is 10.4. The Morgan fingerprint density at radius 2 is 1.78 bits per heavy atom. The first-order valence-electron chi connectivity index (χ1n) is 6.38. The first kappa shape index (κ1) is 18.2. The number of halogens is 3. The van der Waals surface area contributed by atoms with Gasteiger partial charge in [0.05, 0.1) is 21.4 Å². The molecule has 0 atom stereocenters. The predicted octanol–water partition coefficient (Wildman–Crippen LogP) is 2.49. The van der Waals surface area contributed by atoms with Gasteiger partial charge in [-0.1, -0.05) is 34.8 Å². The van der Waals surface area contributed by atoms with Gasteiger partial charge < -0.3 is 0 Å². The minimum Gasteiger partial charge on any atom is -0.298 e. The summed E-state index contributed by atoms with van der Waals surface area (Å²) < 4.78 is 28.1. The predicted molar refractivity (Wildman–Crippen MR) is 89.9 cm³/mol. The van der Waals surface area contributed by atoms with E-state index in [1.54, 1.807) is 6.92 Å². The molecule has 1 N–H and O–H groups in total. The third kappa shape index (κ3) is 4.45. The maximum atomic E-state index is 12.2. The molecule has 0 unspecified atom stereocenters. The molecular weight excluding hydrogens is 385 g/mol. The lowest BCUT2D eigenvalue weighted by molar-refractivity contribution is 0.568. The molecule has 0 aliphatic rings. The van der Waals surface area contributed by atoms with Crippen LogP contribution in [0.4, 0.5) is 0 Å². The topological polar surface area (TPSA) is 81.1 Å². The van der Waals surface area contributed by atoms with Gasteiger partial charge in [-0.2, -0.15) is 0 Å². The summed E-state index contributed by atoms with van der Waals surface area (Å²) in [5.74, 6) is 0. The van der Waals surface area contributed by atoms with Crippen molar-refractivity contribution in [1.29, 1.82) is 0 Å². The molecule has 0 aliphatic carbocycles. The Morgan fingerprint density at radius 3 is 2.43 bits per heavy atom. The largest absolute Gasteiger partial charge is 0.298 e. The molecule has 0 radical (unpaired) electrons. The molecule has 0 aliphatic heterocycles. The summed E-state index contributed by atoms with van der Waals surface area (Å²) in [5.41, 5.74) is 0.332. The summed E-state index contributed by atoms with van der Waals surface area (Å²) in [6.07, 6.45) is 1.36. The zero-order valence-electron chi connectivity index (χ0n) is 11.9. The molecule has 1 aromatic heterocycles. The number of rotatable bonds is 5. The minimum absolute atomic E-state index is 0.0104. The molecule has 10 heteroatoms. The van der Waals surface area contributed by atoms with E-state index in [9.17, 15) is 13.2 Å². The van der Waals surface area contributed by atoms with Crippen LogP contribution in [0.25, 0.3) is 0 Å². The van der Waals surface area contributed by atoms with Gasteiger partial charge in [0, 0.05) is 24.8 Å². The molecule has 0 saturated carbocycles. The van der Waals surface area contributed by atoms with E-state index in [1.165, 1.54) is 29.1 Å². The maximum absolute atomic E-state index is 12.2. The molecule has 1 aromatic carbocycles. The smallest absolute Gasteiger partial charge is 0.253 e. The van der Waals surface area contributed by atoms with Gasteiger partial charge in [0.25, 0.3) is 5.56 Å². The van der Waals surface area contributed by atoms with Gasteiger partial charge in [-0.25, -0.2) is 18.1 Å². The number of nitrogens with one attached hydrogen (secondary N) is 1. The number of benzene rings is 1. The zero-order valence-corrected chi connectivity index (χ0v) is 15.0.